The zero-order chi connectivity index (χ0) is 23.4. The zero-order valence-electron chi connectivity index (χ0n) is 20.6. The fourth-order valence-corrected chi connectivity index (χ4v) is 3.88. The van der Waals surface area contributed by atoms with E-state index in [4.69, 9.17) is 10.5 Å². The number of rotatable bonds is 10. The normalized spacial score (nSPS) is 11.0. The highest BCUT2D eigenvalue weighted by atomic mass is 32.2. The molecule has 0 aliphatic carbocycles. The highest BCUT2D eigenvalue weighted by molar-refractivity contribution is 8.10. The molecule has 2 aromatic carbocycles. The SMILES string of the molecule is C=C(S/C=C(\C)Cc1cc(C)c(N)cc1C)c1ccc(OCCCCC)c(C)c1.CC. The Hall–Kier alpha value is -2.13. The molecule has 31 heavy (non-hydrogen) atoms. The first-order valence-corrected chi connectivity index (χ1v) is 12.3. The molecule has 0 aliphatic heterocycles. The third kappa shape index (κ3) is 8.86. The van der Waals surface area contributed by atoms with Gasteiger partial charge in [0.25, 0.3) is 0 Å². The van der Waals surface area contributed by atoms with E-state index in [1.54, 1.807) is 11.8 Å². The van der Waals surface area contributed by atoms with E-state index >= 15 is 0 Å². The van der Waals surface area contributed by atoms with Crippen molar-refractivity contribution in [2.45, 2.75) is 74.1 Å². The summed E-state index contributed by atoms with van der Waals surface area (Å²) >= 11 is 1.69. The van der Waals surface area contributed by atoms with Crippen LogP contribution in [0, 0.1) is 20.8 Å². The number of unbranched alkanes of at least 4 members (excludes halogenated alkanes) is 2. The third-order valence-corrected chi connectivity index (χ3v) is 6.14. The van der Waals surface area contributed by atoms with Crippen molar-refractivity contribution in [1.29, 1.82) is 0 Å². The van der Waals surface area contributed by atoms with Gasteiger partial charge in [0.2, 0.25) is 0 Å². The van der Waals surface area contributed by atoms with Gasteiger partial charge in [-0.3, -0.25) is 0 Å². The Morgan fingerprint density at radius 1 is 1.03 bits per heavy atom. The van der Waals surface area contributed by atoms with Crippen LogP contribution >= 0.6 is 11.8 Å². The lowest BCUT2D eigenvalue weighted by molar-refractivity contribution is 0.304. The number of nitrogens with two attached hydrogens (primary N) is 1. The highest BCUT2D eigenvalue weighted by Gasteiger charge is 2.06. The Labute approximate surface area is 195 Å². The highest BCUT2D eigenvalue weighted by Crippen LogP contribution is 2.31. The molecule has 170 valence electrons. The Kier molecular flexibility index (Phi) is 12.2. The predicted octanol–water partition coefficient (Wildman–Crippen LogP) is 8.64. The van der Waals surface area contributed by atoms with E-state index in [9.17, 15) is 0 Å². The molecule has 0 radical (unpaired) electrons. The lowest BCUT2D eigenvalue weighted by Crippen LogP contribution is -1.99. The van der Waals surface area contributed by atoms with Crippen molar-refractivity contribution in [3.63, 3.8) is 0 Å². The molecule has 0 spiro atoms. The fraction of sp³-hybridized carbons (Fsp3) is 0.429. The average molecular weight is 440 g/mol. The van der Waals surface area contributed by atoms with Crippen LogP contribution in [0.2, 0.25) is 0 Å². The average Bonchev–Trinajstić information content (AvgIpc) is 2.75. The van der Waals surface area contributed by atoms with Gasteiger partial charge in [-0.2, -0.15) is 0 Å². The van der Waals surface area contributed by atoms with Crippen LogP contribution in [0.4, 0.5) is 5.69 Å². The van der Waals surface area contributed by atoms with Crippen molar-refractivity contribution >= 4 is 22.4 Å². The van der Waals surface area contributed by atoms with Crippen molar-refractivity contribution in [3.05, 3.63) is 75.7 Å². The summed E-state index contributed by atoms with van der Waals surface area (Å²) in [4.78, 5) is 1.05. The summed E-state index contributed by atoms with van der Waals surface area (Å²) in [6, 6.07) is 10.6. The van der Waals surface area contributed by atoms with Gasteiger partial charge in [-0.05, 0) is 92.0 Å². The zero-order valence-corrected chi connectivity index (χ0v) is 21.4. The Balaban J connectivity index is 0.00000233. The van der Waals surface area contributed by atoms with Crippen LogP contribution in [-0.4, -0.2) is 6.61 Å². The second kappa shape index (κ2) is 14.0. The summed E-state index contributed by atoms with van der Waals surface area (Å²) in [5.41, 5.74) is 14.2. The molecule has 0 aromatic heterocycles. The number of anilines is 1. The molecule has 0 heterocycles. The molecule has 2 rings (SSSR count). The Morgan fingerprint density at radius 3 is 2.39 bits per heavy atom. The van der Waals surface area contributed by atoms with Gasteiger partial charge in [-0.1, -0.05) is 69.7 Å². The number of allylic oxidation sites excluding steroid dienone is 1. The summed E-state index contributed by atoms with van der Waals surface area (Å²) in [6.45, 7) is 19.7. The monoisotopic (exact) mass is 439 g/mol. The molecule has 0 fully saturated rings. The van der Waals surface area contributed by atoms with E-state index in [0.29, 0.717) is 0 Å². The van der Waals surface area contributed by atoms with Gasteiger partial charge < -0.3 is 10.5 Å². The topological polar surface area (TPSA) is 35.2 Å². The molecule has 0 atom stereocenters. The molecular weight excluding hydrogens is 398 g/mol. The largest absolute Gasteiger partial charge is 0.493 e. The first-order chi connectivity index (χ1) is 14.8. The van der Waals surface area contributed by atoms with Crippen LogP contribution in [0.5, 0.6) is 5.75 Å². The number of nitrogen functional groups attached to an aromatic ring is 1. The number of thioether (sulfide) groups is 1. The summed E-state index contributed by atoms with van der Waals surface area (Å²) in [7, 11) is 0. The second-order valence-corrected chi connectivity index (χ2v) is 8.82. The third-order valence-electron chi connectivity index (χ3n) is 5.10. The van der Waals surface area contributed by atoms with Crippen LogP contribution in [0.15, 0.2) is 47.9 Å². The van der Waals surface area contributed by atoms with Crippen molar-refractivity contribution in [3.8, 4) is 5.75 Å². The summed E-state index contributed by atoms with van der Waals surface area (Å²) in [5.74, 6) is 0.976. The molecule has 2 aromatic rings. The molecule has 0 unspecified atom stereocenters. The second-order valence-electron chi connectivity index (χ2n) is 7.85. The van der Waals surface area contributed by atoms with Gasteiger partial charge >= 0.3 is 0 Å². The van der Waals surface area contributed by atoms with Crippen LogP contribution in [0.3, 0.4) is 0 Å². The molecule has 0 aliphatic rings. The van der Waals surface area contributed by atoms with Gasteiger partial charge in [0.1, 0.15) is 5.75 Å². The maximum absolute atomic E-state index is 6.01. The predicted molar refractivity (Wildman–Crippen MR) is 142 cm³/mol. The minimum Gasteiger partial charge on any atom is -0.493 e. The lowest BCUT2D eigenvalue weighted by atomic mass is 9.99. The smallest absolute Gasteiger partial charge is 0.122 e. The van der Waals surface area contributed by atoms with Crippen LogP contribution in [0.25, 0.3) is 4.91 Å². The number of ether oxygens (including phenoxy) is 1. The summed E-state index contributed by atoms with van der Waals surface area (Å²) < 4.78 is 5.91. The van der Waals surface area contributed by atoms with Gasteiger partial charge in [-0.25, -0.2) is 0 Å². The minimum atomic E-state index is 0.787. The quantitative estimate of drug-likeness (QED) is 0.297. The summed E-state index contributed by atoms with van der Waals surface area (Å²) in [6.07, 6.45) is 4.46. The van der Waals surface area contributed by atoms with Gasteiger partial charge in [-0.15, -0.1) is 0 Å². The molecule has 3 heteroatoms. The molecule has 0 bridgehead atoms. The maximum Gasteiger partial charge on any atom is 0.122 e. The Morgan fingerprint density at radius 2 is 1.74 bits per heavy atom. The first kappa shape index (κ1) is 26.9. The maximum atomic E-state index is 6.01. The minimum absolute atomic E-state index is 0.787. The van der Waals surface area contributed by atoms with Gasteiger partial charge in [0.05, 0.1) is 6.61 Å². The molecule has 2 nitrogen and oxygen atoms in total. The van der Waals surface area contributed by atoms with E-state index in [1.165, 1.54) is 29.5 Å². The molecule has 0 amide bonds. The fourth-order valence-electron chi connectivity index (χ4n) is 3.19. The number of hydrogen-bond acceptors (Lipinski definition) is 3. The molecular formula is C28H41NOS. The molecule has 2 N–H and O–H groups in total. The van der Waals surface area contributed by atoms with E-state index in [1.807, 2.05) is 13.8 Å². The van der Waals surface area contributed by atoms with Crippen molar-refractivity contribution in [2.75, 3.05) is 12.3 Å². The first-order valence-electron chi connectivity index (χ1n) is 11.4. The number of aryl methyl sites for hydroxylation is 3. The Bertz CT molecular complexity index is 883. The van der Waals surface area contributed by atoms with Crippen molar-refractivity contribution in [1.82, 2.24) is 0 Å². The van der Waals surface area contributed by atoms with Crippen LogP contribution in [-0.2, 0) is 6.42 Å². The number of benzene rings is 2. The van der Waals surface area contributed by atoms with E-state index in [0.717, 1.165) is 52.5 Å². The van der Waals surface area contributed by atoms with Gasteiger partial charge in [0.15, 0.2) is 0 Å². The van der Waals surface area contributed by atoms with Crippen molar-refractivity contribution in [2.24, 2.45) is 0 Å². The van der Waals surface area contributed by atoms with Crippen LogP contribution < -0.4 is 10.5 Å². The molecule has 0 saturated heterocycles. The van der Waals surface area contributed by atoms with E-state index in [2.05, 4.69) is 76.9 Å². The molecule has 0 saturated carbocycles. The van der Waals surface area contributed by atoms with E-state index in [-0.39, 0.29) is 0 Å². The lowest BCUT2D eigenvalue weighted by Gasteiger charge is -2.12. The standard InChI is InChI=1S/C26H35NOS.C2H6/c1-7-8-9-12-28-26-11-10-23(15-21(26)5)22(6)29-17-18(2)13-24-14-20(4)25(27)16-19(24)3;1-2/h10-11,14-17H,6-9,12-13,27H2,1-5H3;1-2H3/b18-17+;. The van der Waals surface area contributed by atoms with E-state index < -0.39 is 0 Å². The number of hydrogen-bond donors (Lipinski definition) is 1. The van der Waals surface area contributed by atoms with Gasteiger partial charge in [0, 0.05) is 10.6 Å². The van der Waals surface area contributed by atoms with Crippen molar-refractivity contribution < 1.29 is 4.74 Å². The summed E-state index contributed by atoms with van der Waals surface area (Å²) in [5, 5.41) is 2.21. The van der Waals surface area contributed by atoms with Crippen LogP contribution in [0.1, 0.15) is 74.8 Å².